The minimum atomic E-state index is -3.69. The Balaban J connectivity index is 2.31. The monoisotopic (exact) mass is 408 g/mol. The van der Waals surface area contributed by atoms with Crippen molar-refractivity contribution in [3.05, 3.63) is 43.3 Å². The van der Waals surface area contributed by atoms with Crippen molar-refractivity contribution in [2.24, 2.45) is 0 Å². The third-order valence-corrected chi connectivity index (χ3v) is 6.62. The zero-order chi connectivity index (χ0) is 15.8. The van der Waals surface area contributed by atoms with Gasteiger partial charge in [-0.25, -0.2) is 18.1 Å². The summed E-state index contributed by atoms with van der Waals surface area (Å²) in [6, 6.07) is 4.32. The van der Waals surface area contributed by atoms with E-state index < -0.39 is 10.0 Å². The molecule has 0 saturated carbocycles. The number of nitrogens with one attached hydrogen (secondary N) is 1. The molecule has 0 bridgehead atoms. The standard InChI is InChI=1S/C13H14BrClN2O2S2/c1-7-13(20-9(3)16-7)8(2)17-21(18,19)12-5-4-10(14)6-11(12)15/h4-6,8,17H,1-3H3. The second-order valence-electron chi connectivity index (χ2n) is 4.60. The van der Waals surface area contributed by atoms with E-state index in [4.69, 9.17) is 11.6 Å². The van der Waals surface area contributed by atoms with E-state index in [1.54, 1.807) is 19.1 Å². The predicted molar refractivity (Wildman–Crippen MR) is 89.5 cm³/mol. The van der Waals surface area contributed by atoms with Gasteiger partial charge in [-0.15, -0.1) is 11.3 Å². The van der Waals surface area contributed by atoms with E-state index in [0.29, 0.717) is 0 Å². The Labute approximate surface area is 141 Å². The number of thiazole rings is 1. The second-order valence-corrected chi connectivity index (χ2v) is 8.84. The van der Waals surface area contributed by atoms with Crippen LogP contribution in [0.5, 0.6) is 0 Å². The average molecular weight is 410 g/mol. The van der Waals surface area contributed by atoms with Crippen LogP contribution in [-0.2, 0) is 10.0 Å². The molecule has 1 aromatic carbocycles. The molecule has 0 radical (unpaired) electrons. The van der Waals surface area contributed by atoms with Crippen molar-refractivity contribution in [1.82, 2.24) is 9.71 Å². The summed E-state index contributed by atoms with van der Waals surface area (Å²) < 4.78 is 28.3. The van der Waals surface area contributed by atoms with Gasteiger partial charge in [-0.05, 0) is 39.0 Å². The van der Waals surface area contributed by atoms with Crippen molar-refractivity contribution in [1.29, 1.82) is 0 Å². The van der Waals surface area contributed by atoms with Gasteiger partial charge >= 0.3 is 0 Å². The number of aryl methyl sites for hydroxylation is 2. The van der Waals surface area contributed by atoms with Gasteiger partial charge in [-0.1, -0.05) is 27.5 Å². The average Bonchev–Trinajstić information content (AvgIpc) is 2.67. The van der Waals surface area contributed by atoms with Gasteiger partial charge in [0.05, 0.1) is 21.8 Å². The molecule has 2 aromatic rings. The molecule has 1 aromatic heterocycles. The first-order chi connectivity index (χ1) is 9.70. The van der Waals surface area contributed by atoms with E-state index in [1.807, 2.05) is 13.8 Å². The van der Waals surface area contributed by atoms with E-state index in [9.17, 15) is 8.42 Å². The van der Waals surface area contributed by atoms with Crippen LogP contribution in [0.1, 0.15) is 28.5 Å². The van der Waals surface area contributed by atoms with Gasteiger partial charge in [0.25, 0.3) is 0 Å². The molecule has 0 spiro atoms. The van der Waals surface area contributed by atoms with Gasteiger partial charge in [0.1, 0.15) is 4.90 Å². The van der Waals surface area contributed by atoms with Crippen LogP contribution in [-0.4, -0.2) is 13.4 Å². The van der Waals surface area contributed by atoms with Gasteiger partial charge in [0.15, 0.2) is 0 Å². The lowest BCUT2D eigenvalue weighted by Crippen LogP contribution is -2.27. The second kappa shape index (κ2) is 6.34. The maximum Gasteiger partial charge on any atom is 0.242 e. The highest BCUT2D eigenvalue weighted by Gasteiger charge is 2.23. The number of nitrogens with zero attached hydrogens (tertiary/aromatic N) is 1. The van der Waals surface area contributed by atoms with Crippen molar-refractivity contribution >= 4 is 48.9 Å². The Morgan fingerprint density at radius 2 is 2.05 bits per heavy atom. The number of rotatable bonds is 4. The highest BCUT2D eigenvalue weighted by Crippen LogP contribution is 2.29. The van der Waals surface area contributed by atoms with Crippen molar-refractivity contribution in [3.8, 4) is 0 Å². The topological polar surface area (TPSA) is 59.1 Å². The Bertz CT molecular complexity index is 774. The van der Waals surface area contributed by atoms with Crippen molar-refractivity contribution in [2.75, 3.05) is 0 Å². The van der Waals surface area contributed by atoms with E-state index in [2.05, 4.69) is 25.6 Å². The molecular formula is C13H14BrClN2O2S2. The van der Waals surface area contributed by atoms with Crippen LogP contribution in [0, 0.1) is 13.8 Å². The van der Waals surface area contributed by atoms with Crippen LogP contribution < -0.4 is 4.72 Å². The summed E-state index contributed by atoms with van der Waals surface area (Å²) in [4.78, 5) is 5.29. The molecule has 21 heavy (non-hydrogen) atoms. The Morgan fingerprint density at radius 3 is 2.57 bits per heavy atom. The van der Waals surface area contributed by atoms with Crippen LogP contribution in [0.4, 0.5) is 0 Å². The lowest BCUT2D eigenvalue weighted by atomic mass is 10.2. The lowest BCUT2D eigenvalue weighted by Gasteiger charge is -2.14. The van der Waals surface area contributed by atoms with Gasteiger partial charge < -0.3 is 0 Å². The molecule has 0 aliphatic rings. The van der Waals surface area contributed by atoms with Crippen LogP contribution in [0.2, 0.25) is 5.02 Å². The smallest absolute Gasteiger partial charge is 0.242 e. The maximum absolute atomic E-state index is 12.4. The molecular weight excluding hydrogens is 396 g/mol. The molecule has 1 N–H and O–H groups in total. The normalized spacial score (nSPS) is 13.4. The molecule has 8 heteroatoms. The minimum absolute atomic E-state index is 0.0677. The van der Waals surface area contributed by atoms with Crippen LogP contribution >= 0.6 is 38.9 Å². The SMILES string of the molecule is Cc1nc(C)c(C(C)NS(=O)(=O)c2ccc(Br)cc2Cl)s1. The third-order valence-electron chi connectivity index (χ3n) is 2.85. The zero-order valence-electron chi connectivity index (χ0n) is 11.6. The third kappa shape index (κ3) is 3.84. The highest BCUT2D eigenvalue weighted by molar-refractivity contribution is 9.10. The molecule has 0 saturated heterocycles. The molecule has 1 heterocycles. The first-order valence-electron chi connectivity index (χ1n) is 6.12. The van der Waals surface area contributed by atoms with Gasteiger partial charge in [-0.2, -0.15) is 0 Å². The summed E-state index contributed by atoms with van der Waals surface area (Å²) in [5, 5.41) is 1.09. The molecule has 0 amide bonds. The summed E-state index contributed by atoms with van der Waals surface area (Å²) >= 11 is 10.8. The van der Waals surface area contributed by atoms with Crippen molar-refractivity contribution < 1.29 is 8.42 Å². The molecule has 0 aliphatic heterocycles. The first kappa shape index (κ1) is 16.9. The fourth-order valence-corrected chi connectivity index (χ4v) is 5.25. The number of sulfonamides is 1. The number of hydrogen-bond donors (Lipinski definition) is 1. The Kier molecular flexibility index (Phi) is 5.10. The predicted octanol–water partition coefficient (Wildman–Crippen LogP) is 4.22. The largest absolute Gasteiger partial charge is 0.247 e. The fraction of sp³-hybridized carbons (Fsp3) is 0.308. The fourth-order valence-electron chi connectivity index (χ4n) is 1.99. The first-order valence-corrected chi connectivity index (χ1v) is 9.59. The lowest BCUT2D eigenvalue weighted by molar-refractivity contribution is 0.568. The Hall–Kier alpha value is -0.470. The van der Waals surface area contributed by atoms with Crippen LogP contribution in [0.15, 0.2) is 27.6 Å². The molecule has 0 aliphatic carbocycles. The number of halogens is 2. The summed E-state index contributed by atoms with van der Waals surface area (Å²) in [7, 11) is -3.69. The molecule has 4 nitrogen and oxygen atoms in total. The molecule has 1 unspecified atom stereocenters. The summed E-state index contributed by atoms with van der Waals surface area (Å²) in [6.45, 7) is 5.56. The summed E-state index contributed by atoms with van der Waals surface area (Å²) in [5.41, 5.74) is 0.842. The van der Waals surface area contributed by atoms with Crippen molar-refractivity contribution in [2.45, 2.75) is 31.7 Å². The van der Waals surface area contributed by atoms with Crippen LogP contribution in [0.25, 0.3) is 0 Å². The maximum atomic E-state index is 12.4. The number of aromatic nitrogens is 1. The van der Waals surface area contributed by atoms with Crippen LogP contribution in [0.3, 0.4) is 0 Å². The number of hydrogen-bond acceptors (Lipinski definition) is 4. The number of benzene rings is 1. The van der Waals surface area contributed by atoms with E-state index in [0.717, 1.165) is 20.1 Å². The molecule has 1 atom stereocenters. The molecule has 2 rings (SSSR count). The van der Waals surface area contributed by atoms with Crippen molar-refractivity contribution in [3.63, 3.8) is 0 Å². The van der Waals surface area contributed by atoms with E-state index >= 15 is 0 Å². The molecule has 114 valence electrons. The minimum Gasteiger partial charge on any atom is -0.247 e. The van der Waals surface area contributed by atoms with E-state index in [-0.39, 0.29) is 16.0 Å². The quantitative estimate of drug-likeness (QED) is 0.822. The summed E-state index contributed by atoms with van der Waals surface area (Å²) in [6.07, 6.45) is 0. The highest BCUT2D eigenvalue weighted by atomic mass is 79.9. The zero-order valence-corrected chi connectivity index (χ0v) is 15.6. The van der Waals surface area contributed by atoms with Gasteiger partial charge in [0, 0.05) is 9.35 Å². The molecule has 0 fully saturated rings. The van der Waals surface area contributed by atoms with E-state index in [1.165, 1.54) is 17.4 Å². The van der Waals surface area contributed by atoms with Gasteiger partial charge in [-0.3, -0.25) is 0 Å². The van der Waals surface area contributed by atoms with Gasteiger partial charge in [0.2, 0.25) is 10.0 Å². The Morgan fingerprint density at radius 1 is 1.38 bits per heavy atom. The summed E-state index contributed by atoms with van der Waals surface area (Å²) in [5.74, 6) is 0.